The average molecular weight is 399 g/mol. The maximum absolute atomic E-state index is 12.8. The van der Waals surface area contributed by atoms with Crippen molar-refractivity contribution < 1.29 is 28.6 Å². The van der Waals surface area contributed by atoms with Gasteiger partial charge in [-0.05, 0) is 48.9 Å². The van der Waals surface area contributed by atoms with Crippen molar-refractivity contribution in [1.29, 1.82) is 0 Å². The molecule has 0 aromatic heterocycles. The zero-order valence-electron chi connectivity index (χ0n) is 16.2. The quantitative estimate of drug-likeness (QED) is 0.685. The fourth-order valence-corrected chi connectivity index (χ4v) is 2.84. The van der Waals surface area contributed by atoms with E-state index in [-0.39, 0.29) is 6.61 Å². The standard InChI is InChI=1S/C20H21N3O6/c1-20(13-4-6-14(27-2)7-5-13)18(25)23(19(26)21-20)22-17(24)12-29-16-10-8-15(28-3)9-11-16/h4-11H,12H2,1-3H3,(H,21,26)(H,22,24)/t20-/m0/s1. The van der Waals surface area contributed by atoms with Crippen molar-refractivity contribution in [2.75, 3.05) is 20.8 Å². The topological polar surface area (TPSA) is 106 Å². The second-order valence-corrected chi connectivity index (χ2v) is 6.42. The van der Waals surface area contributed by atoms with E-state index in [0.29, 0.717) is 27.8 Å². The van der Waals surface area contributed by atoms with Crippen LogP contribution >= 0.6 is 0 Å². The third kappa shape index (κ3) is 4.08. The first-order chi connectivity index (χ1) is 13.9. The summed E-state index contributed by atoms with van der Waals surface area (Å²) in [6, 6.07) is 12.6. The van der Waals surface area contributed by atoms with Crippen LogP contribution in [0.1, 0.15) is 12.5 Å². The molecule has 4 amide bonds. The fraction of sp³-hybridized carbons (Fsp3) is 0.250. The molecule has 1 saturated heterocycles. The minimum atomic E-state index is -1.31. The Morgan fingerprint density at radius 2 is 1.48 bits per heavy atom. The molecule has 29 heavy (non-hydrogen) atoms. The Morgan fingerprint density at radius 1 is 0.966 bits per heavy atom. The van der Waals surface area contributed by atoms with Gasteiger partial charge in [-0.15, -0.1) is 0 Å². The highest BCUT2D eigenvalue weighted by molar-refractivity contribution is 6.08. The number of imide groups is 1. The maximum Gasteiger partial charge on any atom is 0.344 e. The van der Waals surface area contributed by atoms with Crippen LogP contribution in [0.4, 0.5) is 4.79 Å². The van der Waals surface area contributed by atoms with Crippen molar-refractivity contribution in [3.63, 3.8) is 0 Å². The van der Waals surface area contributed by atoms with E-state index in [1.54, 1.807) is 62.6 Å². The molecule has 0 bridgehead atoms. The lowest BCUT2D eigenvalue weighted by atomic mass is 9.92. The van der Waals surface area contributed by atoms with Crippen LogP contribution in [0.2, 0.25) is 0 Å². The second-order valence-electron chi connectivity index (χ2n) is 6.42. The molecule has 1 heterocycles. The van der Waals surface area contributed by atoms with Gasteiger partial charge in [-0.3, -0.25) is 15.0 Å². The summed E-state index contributed by atoms with van der Waals surface area (Å²) < 4.78 is 15.5. The van der Waals surface area contributed by atoms with E-state index >= 15 is 0 Å². The summed E-state index contributed by atoms with van der Waals surface area (Å²) in [5.41, 5.74) is 1.52. The minimum Gasteiger partial charge on any atom is -0.497 e. The molecule has 0 saturated carbocycles. The van der Waals surface area contributed by atoms with Crippen molar-refractivity contribution in [2.45, 2.75) is 12.5 Å². The third-order valence-electron chi connectivity index (χ3n) is 4.52. The normalized spacial score (nSPS) is 18.2. The fourth-order valence-electron chi connectivity index (χ4n) is 2.84. The van der Waals surface area contributed by atoms with Gasteiger partial charge < -0.3 is 19.5 Å². The molecular weight excluding hydrogens is 378 g/mol. The Labute approximate surface area is 167 Å². The molecule has 9 nitrogen and oxygen atoms in total. The molecule has 1 fully saturated rings. The molecule has 2 N–H and O–H groups in total. The highest BCUT2D eigenvalue weighted by Gasteiger charge is 2.50. The first-order valence-corrected chi connectivity index (χ1v) is 8.75. The number of carbonyl (C=O) groups is 3. The van der Waals surface area contributed by atoms with Gasteiger partial charge in [-0.25, -0.2) is 4.79 Å². The smallest absolute Gasteiger partial charge is 0.344 e. The summed E-state index contributed by atoms with van der Waals surface area (Å²) in [4.78, 5) is 37.3. The zero-order valence-corrected chi connectivity index (χ0v) is 16.2. The van der Waals surface area contributed by atoms with Crippen LogP contribution in [0.3, 0.4) is 0 Å². The number of benzene rings is 2. The van der Waals surface area contributed by atoms with Crippen LogP contribution in [-0.4, -0.2) is 43.7 Å². The Kier molecular flexibility index (Phi) is 5.58. The lowest BCUT2D eigenvalue weighted by Gasteiger charge is -2.22. The summed E-state index contributed by atoms with van der Waals surface area (Å²) in [6.45, 7) is 1.19. The molecule has 0 spiro atoms. The van der Waals surface area contributed by atoms with Gasteiger partial charge in [0.25, 0.3) is 11.8 Å². The van der Waals surface area contributed by atoms with E-state index < -0.39 is 23.4 Å². The summed E-state index contributed by atoms with van der Waals surface area (Å²) in [7, 11) is 3.08. The number of ether oxygens (including phenoxy) is 3. The van der Waals surface area contributed by atoms with Crippen molar-refractivity contribution in [1.82, 2.24) is 15.8 Å². The van der Waals surface area contributed by atoms with Gasteiger partial charge in [-0.1, -0.05) is 12.1 Å². The molecule has 2 aromatic rings. The lowest BCUT2D eigenvalue weighted by molar-refractivity contribution is -0.139. The highest BCUT2D eigenvalue weighted by atomic mass is 16.5. The monoisotopic (exact) mass is 399 g/mol. The first kappa shape index (κ1) is 20.0. The van der Waals surface area contributed by atoms with E-state index in [2.05, 4.69) is 10.7 Å². The van der Waals surface area contributed by atoms with Gasteiger partial charge in [0.15, 0.2) is 6.61 Å². The molecular formula is C20H21N3O6. The van der Waals surface area contributed by atoms with E-state index in [1.165, 1.54) is 7.11 Å². The summed E-state index contributed by atoms with van der Waals surface area (Å²) in [5.74, 6) is 0.462. The van der Waals surface area contributed by atoms with Gasteiger partial charge in [0.05, 0.1) is 14.2 Å². The number of methoxy groups -OCH3 is 2. The van der Waals surface area contributed by atoms with Gasteiger partial charge in [-0.2, -0.15) is 5.01 Å². The number of urea groups is 1. The number of nitrogens with one attached hydrogen (secondary N) is 2. The summed E-state index contributed by atoms with van der Waals surface area (Å²) in [6.07, 6.45) is 0. The number of amides is 4. The maximum atomic E-state index is 12.8. The summed E-state index contributed by atoms with van der Waals surface area (Å²) >= 11 is 0. The summed E-state index contributed by atoms with van der Waals surface area (Å²) in [5, 5.41) is 3.26. The van der Waals surface area contributed by atoms with Crippen LogP contribution in [0.15, 0.2) is 48.5 Å². The third-order valence-corrected chi connectivity index (χ3v) is 4.52. The molecule has 0 aliphatic carbocycles. The largest absolute Gasteiger partial charge is 0.497 e. The van der Waals surface area contributed by atoms with Crippen molar-refractivity contribution in [2.24, 2.45) is 0 Å². The molecule has 152 valence electrons. The van der Waals surface area contributed by atoms with E-state index in [0.717, 1.165) is 0 Å². The molecule has 3 rings (SSSR count). The second kappa shape index (κ2) is 8.09. The number of hydrogen-bond donors (Lipinski definition) is 2. The minimum absolute atomic E-state index is 0.372. The average Bonchev–Trinajstić information content (AvgIpc) is 2.96. The molecule has 2 aromatic carbocycles. The Bertz CT molecular complexity index is 913. The van der Waals surface area contributed by atoms with Crippen LogP contribution in [-0.2, 0) is 15.1 Å². The molecule has 0 radical (unpaired) electrons. The Morgan fingerprint density at radius 3 is 2.03 bits per heavy atom. The predicted octanol–water partition coefficient (Wildman–Crippen LogP) is 1.58. The molecule has 1 atom stereocenters. The van der Waals surface area contributed by atoms with E-state index in [1.807, 2.05) is 0 Å². The van der Waals surface area contributed by atoms with Gasteiger partial charge in [0, 0.05) is 0 Å². The van der Waals surface area contributed by atoms with Gasteiger partial charge in [0.1, 0.15) is 22.8 Å². The lowest BCUT2D eigenvalue weighted by Crippen LogP contribution is -2.49. The van der Waals surface area contributed by atoms with Crippen molar-refractivity contribution in [3.05, 3.63) is 54.1 Å². The molecule has 1 aliphatic heterocycles. The van der Waals surface area contributed by atoms with E-state index in [9.17, 15) is 14.4 Å². The van der Waals surface area contributed by atoms with Gasteiger partial charge >= 0.3 is 6.03 Å². The Hall–Kier alpha value is -3.75. The first-order valence-electron chi connectivity index (χ1n) is 8.75. The number of nitrogens with zero attached hydrogens (tertiary/aromatic N) is 1. The van der Waals surface area contributed by atoms with Crippen LogP contribution < -0.4 is 25.0 Å². The molecule has 9 heteroatoms. The number of carbonyl (C=O) groups excluding carboxylic acids is 3. The predicted molar refractivity (Wildman–Crippen MR) is 102 cm³/mol. The van der Waals surface area contributed by atoms with Crippen LogP contribution in [0, 0.1) is 0 Å². The Balaban J connectivity index is 1.63. The molecule has 0 unspecified atom stereocenters. The van der Waals surface area contributed by atoms with E-state index in [4.69, 9.17) is 14.2 Å². The van der Waals surface area contributed by atoms with Crippen molar-refractivity contribution in [3.8, 4) is 17.2 Å². The number of rotatable bonds is 7. The zero-order chi connectivity index (χ0) is 21.0. The SMILES string of the molecule is COc1ccc(OCC(=O)NN2C(=O)N[C@@](C)(c3ccc(OC)cc3)C2=O)cc1. The van der Waals surface area contributed by atoms with Crippen LogP contribution in [0.25, 0.3) is 0 Å². The molecule has 1 aliphatic rings. The van der Waals surface area contributed by atoms with Crippen LogP contribution in [0.5, 0.6) is 17.2 Å². The number of hydrazine groups is 1. The highest BCUT2D eigenvalue weighted by Crippen LogP contribution is 2.29. The number of hydrogen-bond acceptors (Lipinski definition) is 6. The van der Waals surface area contributed by atoms with Crippen molar-refractivity contribution >= 4 is 17.8 Å². The van der Waals surface area contributed by atoms with Gasteiger partial charge in [0.2, 0.25) is 0 Å².